The quantitative estimate of drug-likeness (QED) is 0.540. The lowest BCUT2D eigenvalue weighted by molar-refractivity contribution is 0.0696. The Morgan fingerprint density at radius 2 is 1.81 bits per heavy atom. The van der Waals surface area contributed by atoms with Crippen LogP contribution in [-0.2, 0) is 6.54 Å². The van der Waals surface area contributed by atoms with Gasteiger partial charge in [-0.05, 0) is 29.1 Å². The summed E-state index contributed by atoms with van der Waals surface area (Å²) in [6.07, 6.45) is 0. The van der Waals surface area contributed by atoms with Crippen LogP contribution in [0.1, 0.15) is 26.4 Å². The van der Waals surface area contributed by atoms with Gasteiger partial charge in [-0.3, -0.25) is 4.79 Å². The highest BCUT2D eigenvalue weighted by Crippen LogP contribution is 2.30. The van der Waals surface area contributed by atoms with E-state index in [0.29, 0.717) is 10.4 Å². The summed E-state index contributed by atoms with van der Waals surface area (Å²) in [5.41, 5.74) is 0.460. The molecule has 26 heavy (non-hydrogen) atoms. The predicted molar refractivity (Wildman–Crippen MR) is 93.2 cm³/mol. The SMILES string of the molecule is O=C(O)c1ccc(CNC(=O)c2nc(-c3cccs3)nc(O)c2O)cc1. The van der Waals surface area contributed by atoms with Gasteiger partial charge in [0.05, 0.1) is 10.4 Å². The molecule has 8 nitrogen and oxygen atoms in total. The Balaban J connectivity index is 1.78. The third-order valence-electron chi connectivity index (χ3n) is 3.48. The minimum absolute atomic E-state index is 0.0945. The van der Waals surface area contributed by atoms with Crippen LogP contribution in [-0.4, -0.2) is 37.2 Å². The summed E-state index contributed by atoms with van der Waals surface area (Å²) < 4.78 is 0. The summed E-state index contributed by atoms with van der Waals surface area (Å²) in [4.78, 5) is 31.6. The van der Waals surface area contributed by atoms with E-state index in [9.17, 15) is 19.8 Å². The lowest BCUT2D eigenvalue weighted by Crippen LogP contribution is -2.24. The minimum atomic E-state index is -1.04. The molecule has 0 saturated carbocycles. The van der Waals surface area contributed by atoms with Crippen molar-refractivity contribution in [2.45, 2.75) is 6.54 Å². The van der Waals surface area contributed by atoms with Crippen molar-refractivity contribution in [3.63, 3.8) is 0 Å². The number of carboxylic acids is 1. The zero-order chi connectivity index (χ0) is 18.7. The van der Waals surface area contributed by atoms with Crippen LogP contribution in [0, 0.1) is 0 Å². The fourth-order valence-electron chi connectivity index (χ4n) is 2.15. The molecule has 0 aliphatic carbocycles. The molecule has 0 spiro atoms. The minimum Gasteiger partial charge on any atom is -0.501 e. The molecule has 0 aliphatic rings. The Morgan fingerprint density at radius 3 is 2.42 bits per heavy atom. The van der Waals surface area contributed by atoms with Gasteiger partial charge in [-0.2, -0.15) is 4.98 Å². The van der Waals surface area contributed by atoms with E-state index in [4.69, 9.17) is 5.11 Å². The summed E-state index contributed by atoms with van der Waals surface area (Å²) in [7, 11) is 0. The second-order valence-corrected chi connectivity index (χ2v) is 6.18. The van der Waals surface area contributed by atoms with Crippen molar-refractivity contribution >= 4 is 23.2 Å². The lowest BCUT2D eigenvalue weighted by Gasteiger charge is -2.08. The van der Waals surface area contributed by atoms with Gasteiger partial charge in [-0.1, -0.05) is 18.2 Å². The fourth-order valence-corrected chi connectivity index (χ4v) is 2.81. The normalized spacial score (nSPS) is 10.5. The summed E-state index contributed by atoms with van der Waals surface area (Å²) >= 11 is 1.33. The summed E-state index contributed by atoms with van der Waals surface area (Å²) in [5.74, 6) is -2.99. The van der Waals surface area contributed by atoms with Crippen LogP contribution < -0.4 is 5.32 Å². The smallest absolute Gasteiger partial charge is 0.335 e. The van der Waals surface area contributed by atoms with Crippen LogP contribution in [0.2, 0.25) is 0 Å². The Bertz CT molecular complexity index is 955. The van der Waals surface area contributed by atoms with Crippen molar-refractivity contribution in [2.75, 3.05) is 0 Å². The highest BCUT2D eigenvalue weighted by atomic mass is 32.1. The van der Waals surface area contributed by atoms with E-state index in [0.717, 1.165) is 0 Å². The molecule has 1 aromatic carbocycles. The Hall–Kier alpha value is -3.46. The molecule has 0 saturated heterocycles. The molecule has 132 valence electrons. The molecule has 1 amide bonds. The van der Waals surface area contributed by atoms with Crippen molar-refractivity contribution < 1.29 is 24.9 Å². The van der Waals surface area contributed by atoms with E-state index in [1.165, 1.54) is 23.5 Å². The molecule has 0 fully saturated rings. The first-order valence-electron chi connectivity index (χ1n) is 7.40. The van der Waals surface area contributed by atoms with Gasteiger partial charge in [0.15, 0.2) is 11.5 Å². The first-order chi connectivity index (χ1) is 12.5. The number of carbonyl (C=O) groups is 2. The number of carboxylic acid groups (broad SMARTS) is 1. The largest absolute Gasteiger partial charge is 0.501 e. The average molecular weight is 371 g/mol. The van der Waals surface area contributed by atoms with Gasteiger partial charge in [0, 0.05) is 6.54 Å². The zero-order valence-corrected chi connectivity index (χ0v) is 14.0. The number of hydrogen-bond donors (Lipinski definition) is 4. The van der Waals surface area contributed by atoms with Crippen LogP contribution in [0.5, 0.6) is 11.6 Å². The van der Waals surface area contributed by atoms with E-state index in [1.54, 1.807) is 29.6 Å². The fraction of sp³-hybridized carbons (Fsp3) is 0.0588. The molecule has 3 aromatic rings. The van der Waals surface area contributed by atoms with Gasteiger partial charge in [0.2, 0.25) is 5.75 Å². The standard InChI is InChI=1S/C17H13N3O5S/c21-13-12(19-14(20-16(13)23)11-2-1-7-26-11)15(22)18-8-9-3-5-10(6-4-9)17(24)25/h1-7,21H,8H2,(H,18,22)(H,24,25)(H,19,20,23). The highest BCUT2D eigenvalue weighted by Gasteiger charge is 2.20. The van der Waals surface area contributed by atoms with Crippen molar-refractivity contribution in [1.29, 1.82) is 0 Å². The third kappa shape index (κ3) is 3.62. The maximum atomic E-state index is 12.3. The van der Waals surface area contributed by atoms with Gasteiger partial charge in [0.1, 0.15) is 0 Å². The van der Waals surface area contributed by atoms with E-state index in [-0.39, 0.29) is 23.6 Å². The number of nitrogens with one attached hydrogen (secondary N) is 1. The lowest BCUT2D eigenvalue weighted by atomic mass is 10.1. The Labute approximate surface area is 151 Å². The van der Waals surface area contributed by atoms with Crippen LogP contribution in [0.15, 0.2) is 41.8 Å². The number of nitrogens with zero attached hydrogens (tertiary/aromatic N) is 2. The Kier molecular flexibility index (Phi) is 4.81. The molecule has 3 rings (SSSR count). The first kappa shape index (κ1) is 17.4. The van der Waals surface area contributed by atoms with Crippen molar-refractivity contribution in [3.05, 3.63) is 58.6 Å². The number of amides is 1. The second-order valence-electron chi connectivity index (χ2n) is 5.23. The van der Waals surface area contributed by atoms with Crippen LogP contribution in [0.25, 0.3) is 10.7 Å². The number of thiophene rings is 1. The topological polar surface area (TPSA) is 133 Å². The van der Waals surface area contributed by atoms with Crippen LogP contribution in [0.4, 0.5) is 0 Å². The number of rotatable bonds is 5. The van der Waals surface area contributed by atoms with E-state index in [1.807, 2.05) is 0 Å². The van der Waals surface area contributed by atoms with Gasteiger partial charge in [0.25, 0.3) is 11.8 Å². The monoisotopic (exact) mass is 371 g/mol. The number of carbonyl (C=O) groups excluding carboxylic acids is 1. The molecular formula is C17H13N3O5S. The van der Waals surface area contributed by atoms with Crippen molar-refractivity contribution in [2.24, 2.45) is 0 Å². The molecule has 0 aliphatic heterocycles. The van der Waals surface area contributed by atoms with Crippen LogP contribution in [0.3, 0.4) is 0 Å². The van der Waals surface area contributed by atoms with Gasteiger partial charge in [-0.25, -0.2) is 9.78 Å². The number of aromatic hydroxyl groups is 2. The maximum Gasteiger partial charge on any atom is 0.335 e. The molecule has 2 heterocycles. The maximum absolute atomic E-state index is 12.3. The average Bonchev–Trinajstić information content (AvgIpc) is 3.17. The molecule has 0 unspecified atom stereocenters. The third-order valence-corrected chi connectivity index (χ3v) is 4.34. The van der Waals surface area contributed by atoms with Gasteiger partial charge >= 0.3 is 5.97 Å². The molecule has 4 N–H and O–H groups in total. The summed E-state index contributed by atoms with van der Waals surface area (Å²) in [6.45, 7) is 0.0945. The predicted octanol–water partition coefficient (Wildman–Crippen LogP) is 2.24. The first-order valence-corrected chi connectivity index (χ1v) is 8.28. The van der Waals surface area contributed by atoms with E-state index < -0.39 is 23.5 Å². The number of aromatic nitrogens is 2. The number of hydrogen-bond acceptors (Lipinski definition) is 7. The van der Waals surface area contributed by atoms with Crippen molar-refractivity contribution in [1.82, 2.24) is 15.3 Å². The molecular weight excluding hydrogens is 358 g/mol. The van der Waals surface area contributed by atoms with Crippen molar-refractivity contribution in [3.8, 4) is 22.3 Å². The number of aromatic carboxylic acids is 1. The number of benzene rings is 1. The zero-order valence-electron chi connectivity index (χ0n) is 13.2. The summed E-state index contributed by atoms with van der Waals surface area (Å²) in [5, 5.41) is 32.9. The van der Waals surface area contributed by atoms with Crippen LogP contribution >= 0.6 is 11.3 Å². The van der Waals surface area contributed by atoms with Gasteiger partial charge < -0.3 is 20.6 Å². The molecule has 2 aromatic heterocycles. The van der Waals surface area contributed by atoms with E-state index in [2.05, 4.69) is 15.3 Å². The highest BCUT2D eigenvalue weighted by molar-refractivity contribution is 7.13. The molecule has 0 radical (unpaired) electrons. The Morgan fingerprint density at radius 1 is 1.08 bits per heavy atom. The molecule has 0 atom stereocenters. The summed E-state index contributed by atoms with van der Waals surface area (Å²) in [6, 6.07) is 9.48. The van der Waals surface area contributed by atoms with Gasteiger partial charge in [-0.15, -0.1) is 11.3 Å². The molecule has 0 bridgehead atoms. The molecule has 9 heteroatoms. The van der Waals surface area contributed by atoms with E-state index >= 15 is 0 Å². The second kappa shape index (κ2) is 7.19.